The van der Waals surface area contributed by atoms with Gasteiger partial charge in [0, 0.05) is 26.9 Å². The highest BCUT2D eigenvalue weighted by atomic mass is 35.5. The van der Waals surface area contributed by atoms with E-state index in [1.54, 1.807) is 22.5 Å². The van der Waals surface area contributed by atoms with Gasteiger partial charge in [-0.3, -0.25) is 4.79 Å². The molecule has 2 aromatic carbocycles. The maximum absolute atomic E-state index is 13.6. The average molecular weight is 556 g/mol. The van der Waals surface area contributed by atoms with E-state index in [2.05, 4.69) is 16.8 Å². The molecule has 0 saturated heterocycles. The molecule has 36 heavy (non-hydrogen) atoms. The van der Waals surface area contributed by atoms with E-state index in [0.29, 0.717) is 21.2 Å². The number of esters is 1. The monoisotopic (exact) mass is 554 g/mol. The van der Waals surface area contributed by atoms with Crippen LogP contribution in [-0.2, 0) is 4.74 Å². The van der Waals surface area contributed by atoms with Crippen LogP contribution in [0.5, 0.6) is 0 Å². The van der Waals surface area contributed by atoms with Crippen LogP contribution in [0, 0.1) is 11.8 Å². The first-order valence-electron chi connectivity index (χ1n) is 10.8. The van der Waals surface area contributed by atoms with Crippen LogP contribution in [-0.4, -0.2) is 30.0 Å². The van der Waals surface area contributed by atoms with Crippen molar-refractivity contribution in [1.82, 2.24) is 4.98 Å². The van der Waals surface area contributed by atoms with Crippen molar-refractivity contribution in [2.24, 2.45) is 0 Å². The Balaban J connectivity index is 1.72. The van der Waals surface area contributed by atoms with E-state index in [-0.39, 0.29) is 17.0 Å². The third-order valence-corrected chi connectivity index (χ3v) is 7.46. The number of anilines is 1. The first-order chi connectivity index (χ1) is 17.3. The summed E-state index contributed by atoms with van der Waals surface area (Å²) >= 11 is 15.1. The van der Waals surface area contributed by atoms with Gasteiger partial charge in [-0.15, -0.1) is 22.7 Å². The van der Waals surface area contributed by atoms with Gasteiger partial charge in [0.15, 0.2) is 0 Å². The van der Waals surface area contributed by atoms with E-state index in [4.69, 9.17) is 27.9 Å². The molecule has 0 aliphatic heterocycles. The largest absolute Gasteiger partial charge is 0.465 e. The minimum Gasteiger partial charge on any atom is -0.465 e. The van der Waals surface area contributed by atoms with Gasteiger partial charge in [0.05, 0.1) is 28.9 Å². The van der Waals surface area contributed by atoms with E-state index in [9.17, 15) is 9.59 Å². The molecular weight excluding hydrogens is 535 g/mol. The number of ether oxygens (including phenoxy) is 1. The van der Waals surface area contributed by atoms with Crippen molar-refractivity contribution in [2.45, 2.75) is 19.9 Å². The molecule has 4 rings (SSSR count). The fourth-order valence-electron chi connectivity index (χ4n) is 3.48. The van der Waals surface area contributed by atoms with E-state index in [1.165, 1.54) is 35.8 Å². The summed E-state index contributed by atoms with van der Waals surface area (Å²) < 4.78 is 5.03. The SMILES string of the molecule is COC(=O)c1sc(-c2ccc(C#Cc3cscn3)cc2)cc1N(C(=O)c1ccc(Cl)cc1Cl)C(C)C. The molecule has 4 aromatic rings. The number of aromatic nitrogens is 1. The van der Waals surface area contributed by atoms with Crippen LogP contribution in [0.25, 0.3) is 10.4 Å². The predicted octanol–water partition coefficient (Wildman–Crippen LogP) is 7.42. The molecule has 182 valence electrons. The molecule has 2 heterocycles. The third kappa shape index (κ3) is 5.63. The fourth-order valence-corrected chi connectivity index (χ4v) is 5.53. The highest BCUT2D eigenvalue weighted by Gasteiger charge is 2.29. The Bertz CT molecular complexity index is 1470. The smallest absolute Gasteiger partial charge is 0.350 e. The number of halogens is 2. The van der Waals surface area contributed by atoms with Crippen molar-refractivity contribution >= 4 is 63.4 Å². The van der Waals surface area contributed by atoms with Gasteiger partial charge < -0.3 is 9.64 Å². The minimum absolute atomic E-state index is 0.238. The zero-order valence-corrected chi connectivity index (χ0v) is 22.7. The number of hydrogen-bond acceptors (Lipinski definition) is 6. The number of amides is 1. The number of methoxy groups -OCH3 is 1. The van der Waals surface area contributed by atoms with Crippen LogP contribution in [0.1, 0.15) is 45.1 Å². The van der Waals surface area contributed by atoms with Crippen molar-refractivity contribution in [3.05, 3.63) is 91.2 Å². The second-order valence-corrected chi connectivity index (χ2v) is 10.5. The van der Waals surface area contributed by atoms with Gasteiger partial charge in [0.1, 0.15) is 10.6 Å². The van der Waals surface area contributed by atoms with Crippen LogP contribution in [0.2, 0.25) is 10.0 Å². The predicted molar refractivity (Wildman–Crippen MR) is 148 cm³/mol. The molecule has 0 bridgehead atoms. The van der Waals surface area contributed by atoms with Crippen molar-refractivity contribution in [1.29, 1.82) is 0 Å². The lowest BCUT2D eigenvalue weighted by Gasteiger charge is -2.27. The summed E-state index contributed by atoms with van der Waals surface area (Å²) in [7, 11) is 1.32. The van der Waals surface area contributed by atoms with Gasteiger partial charge in [0.2, 0.25) is 0 Å². The summed E-state index contributed by atoms with van der Waals surface area (Å²) in [5, 5.41) is 2.56. The molecule has 0 fully saturated rings. The summed E-state index contributed by atoms with van der Waals surface area (Å²) in [5.74, 6) is 5.26. The molecule has 0 N–H and O–H groups in total. The standard InChI is InChI=1S/C27H20Cl2N2O3S2/c1-16(2)31(26(32)21-11-9-19(28)12-22(21)29)23-13-24(36-25(23)27(33)34-3)18-7-4-17(5-8-18)6-10-20-14-35-15-30-20/h4-5,7-9,11-16H,1-3H3. The zero-order valence-electron chi connectivity index (χ0n) is 19.5. The van der Waals surface area contributed by atoms with E-state index < -0.39 is 5.97 Å². The molecule has 0 radical (unpaired) electrons. The molecule has 0 saturated carbocycles. The van der Waals surface area contributed by atoms with Crippen LogP contribution < -0.4 is 4.90 Å². The highest BCUT2D eigenvalue weighted by Crippen LogP contribution is 2.39. The maximum atomic E-state index is 13.6. The van der Waals surface area contributed by atoms with Crippen LogP contribution in [0.3, 0.4) is 0 Å². The number of carbonyl (C=O) groups excluding carboxylic acids is 2. The molecular formula is C27H20Cl2N2O3S2. The number of nitrogens with zero attached hydrogens (tertiary/aromatic N) is 2. The van der Waals surface area contributed by atoms with Crippen molar-refractivity contribution in [3.8, 4) is 22.3 Å². The average Bonchev–Trinajstić information content (AvgIpc) is 3.53. The van der Waals surface area contributed by atoms with Gasteiger partial charge in [0.25, 0.3) is 5.91 Å². The van der Waals surface area contributed by atoms with Gasteiger partial charge in [-0.25, -0.2) is 9.78 Å². The Morgan fingerprint density at radius 1 is 1.06 bits per heavy atom. The number of thiazole rings is 1. The third-order valence-electron chi connectivity index (χ3n) is 5.18. The molecule has 0 spiro atoms. The topological polar surface area (TPSA) is 59.5 Å². The number of thiophene rings is 1. The molecule has 0 atom stereocenters. The highest BCUT2D eigenvalue weighted by molar-refractivity contribution is 7.18. The summed E-state index contributed by atoms with van der Waals surface area (Å²) in [6.45, 7) is 3.74. The molecule has 1 amide bonds. The molecule has 5 nitrogen and oxygen atoms in total. The molecule has 0 unspecified atom stereocenters. The number of carbonyl (C=O) groups is 2. The zero-order chi connectivity index (χ0) is 25.8. The second kappa shape index (κ2) is 11.3. The molecule has 9 heteroatoms. The quantitative estimate of drug-likeness (QED) is 0.190. The fraction of sp³-hybridized carbons (Fsp3) is 0.148. The maximum Gasteiger partial charge on any atom is 0.350 e. The Labute approximate surface area is 227 Å². The van der Waals surface area contributed by atoms with Crippen molar-refractivity contribution < 1.29 is 14.3 Å². The van der Waals surface area contributed by atoms with Crippen LogP contribution >= 0.6 is 45.9 Å². The number of hydrogen-bond donors (Lipinski definition) is 0. The van der Waals surface area contributed by atoms with E-state index in [1.807, 2.05) is 49.6 Å². The van der Waals surface area contributed by atoms with Crippen LogP contribution in [0.4, 0.5) is 5.69 Å². The van der Waals surface area contributed by atoms with Gasteiger partial charge in [-0.05, 0) is 61.7 Å². The van der Waals surface area contributed by atoms with Gasteiger partial charge in [-0.2, -0.15) is 0 Å². The number of rotatable bonds is 5. The first kappa shape index (κ1) is 25.9. The second-order valence-electron chi connectivity index (χ2n) is 7.91. The molecule has 0 aliphatic carbocycles. The van der Waals surface area contributed by atoms with Crippen molar-refractivity contribution in [2.75, 3.05) is 12.0 Å². The van der Waals surface area contributed by atoms with Crippen LogP contribution in [0.15, 0.2) is 59.4 Å². The first-order valence-corrected chi connectivity index (χ1v) is 13.3. The Morgan fingerprint density at radius 2 is 1.81 bits per heavy atom. The van der Waals surface area contributed by atoms with Crippen molar-refractivity contribution in [3.63, 3.8) is 0 Å². The Kier molecular flexibility index (Phi) is 8.12. The van der Waals surface area contributed by atoms with E-state index >= 15 is 0 Å². The lowest BCUT2D eigenvalue weighted by atomic mass is 10.1. The summed E-state index contributed by atoms with van der Waals surface area (Å²) in [6, 6.07) is 14.0. The molecule has 0 aliphatic rings. The summed E-state index contributed by atoms with van der Waals surface area (Å²) in [5.41, 5.74) is 4.95. The van der Waals surface area contributed by atoms with Gasteiger partial charge >= 0.3 is 5.97 Å². The van der Waals surface area contributed by atoms with Gasteiger partial charge in [-0.1, -0.05) is 41.3 Å². The normalized spacial score (nSPS) is 10.6. The Morgan fingerprint density at radius 3 is 2.42 bits per heavy atom. The molecule has 2 aromatic heterocycles. The lowest BCUT2D eigenvalue weighted by molar-refractivity contribution is 0.0607. The summed E-state index contributed by atoms with van der Waals surface area (Å²) in [6.07, 6.45) is 0. The van der Waals surface area contributed by atoms with E-state index in [0.717, 1.165) is 21.7 Å². The summed E-state index contributed by atoms with van der Waals surface area (Å²) in [4.78, 5) is 33.1. The minimum atomic E-state index is -0.521. The number of benzene rings is 2. The lowest BCUT2D eigenvalue weighted by Crippen LogP contribution is -2.37. The Hall–Kier alpha value is -3.15.